The molecule has 0 saturated carbocycles. The molecule has 0 bridgehead atoms. The van der Waals surface area contributed by atoms with E-state index < -0.39 is 15.9 Å². The Labute approximate surface area is 165 Å². The SMILES string of the molecule is CC[C@H](C)N(Cc1ccc(OC)c(OS(C)(=O)=O)c1)C(=O)c1cccc(F)c1. The molecule has 6 nitrogen and oxygen atoms in total. The van der Waals surface area contributed by atoms with Gasteiger partial charge in [-0.2, -0.15) is 8.42 Å². The van der Waals surface area contributed by atoms with E-state index in [1.54, 1.807) is 23.1 Å². The van der Waals surface area contributed by atoms with Gasteiger partial charge in [0, 0.05) is 18.2 Å². The van der Waals surface area contributed by atoms with Crippen molar-refractivity contribution in [2.24, 2.45) is 0 Å². The van der Waals surface area contributed by atoms with Crippen molar-refractivity contribution in [3.8, 4) is 11.5 Å². The van der Waals surface area contributed by atoms with Gasteiger partial charge in [0.1, 0.15) is 5.82 Å². The summed E-state index contributed by atoms with van der Waals surface area (Å²) < 4.78 is 46.7. The molecule has 2 aromatic rings. The van der Waals surface area contributed by atoms with Crippen molar-refractivity contribution < 1.29 is 26.5 Å². The number of halogens is 1. The van der Waals surface area contributed by atoms with Gasteiger partial charge >= 0.3 is 10.1 Å². The van der Waals surface area contributed by atoms with Crippen molar-refractivity contribution >= 4 is 16.0 Å². The van der Waals surface area contributed by atoms with Crippen molar-refractivity contribution in [1.82, 2.24) is 4.90 Å². The monoisotopic (exact) mass is 409 g/mol. The zero-order chi connectivity index (χ0) is 20.9. The number of rotatable bonds is 8. The number of carbonyl (C=O) groups excluding carboxylic acids is 1. The van der Waals surface area contributed by atoms with E-state index in [0.717, 1.165) is 6.26 Å². The highest BCUT2D eigenvalue weighted by molar-refractivity contribution is 7.86. The second kappa shape index (κ2) is 9.05. The summed E-state index contributed by atoms with van der Waals surface area (Å²) in [6.45, 7) is 4.05. The molecule has 1 amide bonds. The van der Waals surface area contributed by atoms with Crippen LogP contribution in [0, 0.1) is 5.82 Å². The quantitative estimate of drug-likeness (QED) is 0.623. The Morgan fingerprint density at radius 3 is 2.46 bits per heavy atom. The van der Waals surface area contributed by atoms with Crippen LogP contribution < -0.4 is 8.92 Å². The molecule has 152 valence electrons. The number of carbonyl (C=O) groups is 1. The van der Waals surface area contributed by atoms with Crippen LogP contribution in [0.25, 0.3) is 0 Å². The molecule has 1 atom stereocenters. The van der Waals surface area contributed by atoms with Crippen LogP contribution in [0.15, 0.2) is 42.5 Å². The van der Waals surface area contributed by atoms with Crippen LogP contribution in [0.2, 0.25) is 0 Å². The first kappa shape index (κ1) is 21.7. The molecule has 2 rings (SSSR count). The van der Waals surface area contributed by atoms with Crippen LogP contribution in [0.4, 0.5) is 4.39 Å². The molecule has 0 N–H and O–H groups in total. The van der Waals surface area contributed by atoms with E-state index in [0.29, 0.717) is 12.0 Å². The molecule has 0 heterocycles. The molecule has 0 radical (unpaired) electrons. The van der Waals surface area contributed by atoms with Crippen molar-refractivity contribution in [2.75, 3.05) is 13.4 Å². The summed E-state index contributed by atoms with van der Waals surface area (Å²) in [6, 6.07) is 10.2. The fourth-order valence-corrected chi connectivity index (χ4v) is 3.14. The Kier molecular flexibility index (Phi) is 7.01. The maximum atomic E-state index is 13.5. The average Bonchev–Trinajstić information content (AvgIpc) is 2.64. The Hall–Kier alpha value is -2.61. The van der Waals surface area contributed by atoms with E-state index in [-0.39, 0.29) is 35.6 Å². The normalized spacial score (nSPS) is 12.3. The molecule has 0 aromatic heterocycles. The van der Waals surface area contributed by atoms with Gasteiger partial charge in [0.05, 0.1) is 13.4 Å². The molecule has 0 aliphatic heterocycles. The summed E-state index contributed by atoms with van der Waals surface area (Å²) in [7, 11) is -2.34. The molecular weight excluding hydrogens is 385 g/mol. The van der Waals surface area contributed by atoms with E-state index in [4.69, 9.17) is 8.92 Å². The van der Waals surface area contributed by atoms with Gasteiger partial charge in [-0.1, -0.05) is 19.1 Å². The summed E-state index contributed by atoms with van der Waals surface area (Å²) in [4.78, 5) is 14.6. The number of nitrogens with zero attached hydrogens (tertiary/aromatic N) is 1. The van der Waals surface area contributed by atoms with Crippen LogP contribution in [0.5, 0.6) is 11.5 Å². The maximum Gasteiger partial charge on any atom is 0.306 e. The zero-order valence-corrected chi connectivity index (χ0v) is 17.1. The number of hydrogen-bond donors (Lipinski definition) is 0. The predicted molar refractivity (Wildman–Crippen MR) is 104 cm³/mol. The van der Waals surface area contributed by atoms with Crippen LogP contribution in [0.1, 0.15) is 36.2 Å². The third-order valence-corrected chi connectivity index (χ3v) is 4.76. The summed E-state index contributed by atoms with van der Waals surface area (Å²) in [5.41, 5.74) is 0.908. The van der Waals surface area contributed by atoms with E-state index in [9.17, 15) is 17.6 Å². The first-order valence-corrected chi connectivity index (χ1v) is 10.6. The highest BCUT2D eigenvalue weighted by Crippen LogP contribution is 2.30. The maximum absolute atomic E-state index is 13.5. The fourth-order valence-electron chi connectivity index (χ4n) is 2.68. The van der Waals surface area contributed by atoms with E-state index in [1.807, 2.05) is 13.8 Å². The standard InChI is InChI=1S/C20H24FNO5S/c1-5-14(2)22(20(23)16-7-6-8-17(21)12-16)13-15-9-10-18(26-3)19(11-15)27-28(4,24)25/h6-12,14H,5,13H2,1-4H3/t14-/m0/s1. The summed E-state index contributed by atoms with van der Waals surface area (Å²) in [5, 5.41) is 0. The Bertz CT molecular complexity index is 945. The molecule has 28 heavy (non-hydrogen) atoms. The van der Waals surface area contributed by atoms with Crippen molar-refractivity contribution in [3.05, 3.63) is 59.4 Å². The van der Waals surface area contributed by atoms with Crippen LogP contribution in [-0.4, -0.2) is 38.6 Å². The largest absolute Gasteiger partial charge is 0.493 e. The van der Waals surface area contributed by atoms with Crippen molar-refractivity contribution in [1.29, 1.82) is 0 Å². The lowest BCUT2D eigenvalue weighted by Crippen LogP contribution is -2.37. The van der Waals surface area contributed by atoms with Crippen LogP contribution in [0.3, 0.4) is 0 Å². The Morgan fingerprint density at radius 2 is 1.89 bits per heavy atom. The first-order valence-electron chi connectivity index (χ1n) is 8.77. The molecule has 8 heteroatoms. The summed E-state index contributed by atoms with van der Waals surface area (Å²) in [5.74, 6) is -0.482. The molecule has 0 unspecified atom stereocenters. The summed E-state index contributed by atoms with van der Waals surface area (Å²) in [6.07, 6.45) is 1.64. The molecule has 0 fully saturated rings. The fraction of sp³-hybridized carbons (Fsp3) is 0.350. The van der Waals surface area contributed by atoms with Crippen LogP contribution >= 0.6 is 0 Å². The topological polar surface area (TPSA) is 72.9 Å². The molecule has 0 saturated heterocycles. The van der Waals surface area contributed by atoms with Gasteiger partial charge in [-0.15, -0.1) is 0 Å². The number of hydrogen-bond acceptors (Lipinski definition) is 5. The lowest BCUT2D eigenvalue weighted by atomic mass is 10.1. The first-order chi connectivity index (χ1) is 13.1. The Morgan fingerprint density at radius 1 is 1.18 bits per heavy atom. The van der Waals surface area contributed by atoms with Crippen molar-refractivity contribution in [2.45, 2.75) is 32.9 Å². The van der Waals surface area contributed by atoms with Gasteiger partial charge in [0.25, 0.3) is 5.91 Å². The van der Waals surface area contributed by atoms with Crippen molar-refractivity contribution in [3.63, 3.8) is 0 Å². The molecule has 0 aliphatic carbocycles. The van der Waals surface area contributed by atoms with E-state index >= 15 is 0 Å². The van der Waals surface area contributed by atoms with Crippen LogP contribution in [-0.2, 0) is 16.7 Å². The summed E-state index contributed by atoms with van der Waals surface area (Å²) >= 11 is 0. The molecule has 0 spiro atoms. The van der Waals surface area contributed by atoms with Gasteiger partial charge < -0.3 is 13.8 Å². The van der Waals surface area contributed by atoms with E-state index in [1.165, 1.54) is 31.4 Å². The molecular formula is C20H24FNO5S. The second-order valence-electron chi connectivity index (χ2n) is 6.47. The van der Waals surface area contributed by atoms with Gasteiger partial charge in [-0.3, -0.25) is 4.79 Å². The molecule has 0 aliphatic rings. The highest BCUT2D eigenvalue weighted by Gasteiger charge is 2.22. The minimum atomic E-state index is -3.74. The average molecular weight is 409 g/mol. The smallest absolute Gasteiger partial charge is 0.306 e. The third kappa shape index (κ3) is 5.69. The minimum Gasteiger partial charge on any atom is -0.493 e. The lowest BCUT2D eigenvalue weighted by molar-refractivity contribution is 0.0671. The number of amides is 1. The van der Waals surface area contributed by atoms with Gasteiger partial charge in [-0.05, 0) is 49.2 Å². The number of methoxy groups -OCH3 is 1. The predicted octanol–water partition coefficient (Wildman–Crippen LogP) is 3.61. The highest BCUT2D eigenvalue weighted by atomic mass is 32.2. The van der Waals surface area contributed by atoms with Gasteiger partial charge in [0.15, 0.2) is 11.5 Å². The Balaban J connectivity index is 2.37. The lowest BCUT2D eigenvalue weighted by Gasteiger charge is -2.29. The number of ether oxygens (including phenoxy) is 1. The minimum absolute atomic E-state index is 0.0461. The number of benzene rings is 2. The second-order valence-corrected chi connectivity index (χ2v) is 8.05. The third-order valence-electron chi connectivity index (χ3n) is 4.28. The van der Waals surface area contributed by atoms with Gasteiger partial charge in [-0.25, -0.2) is 4.39 Å². The van der Waals surface area contributed by atoms with Gasteiger partial charge in [0.2, 0.25) is 0 Å². The zero-order valence-electron chi connectivity index (χ0n) is 16.3. The molecule has 2 aromatic carbocycles. The van der Waals surface area contributed by atoms with E-state index in [2.05, 4.69) is 0 Å².